The van der Waals surface area contributed by atoms with Crippen LogP contribution in [0.5, 0.6) is 11.5 Å². The van der Waals surface area contributed by atoms with E-state index >= 15 is 0 Å². The average Bonchev–Trinajstić information content (AvgIpc) is 3.16. The highest BCUT2D eigenvalue weighted by Crippen LogP contribution is 2.32. The highest BCUT2D eigenvalue weighted by Gasteiger charge is 2.14. The van der Waals surface area contributed by atoms with Crippen LogP contribution in [0.4, 0.5) is 11.4 Å². The number of aromatic nitrogens is 1. The molecule has 7 heteroatoms. The van der Waals surface area contributed by atoms with Crippen molar-refractivity contribution in [1.82, 2.24) is 10.3 Å². The second-order valence-electron chi connectivity index (χ2n) is 6.38. The second-order valence-corrected chi connectivity index (χ2v) is 6.82. The van der Waals surface area contributed by atoms with Crippen LogP contribution < -0.4 is 20.1 Å². The number of anilines is 2. The zero-order valence-electron chi connectivity index (χ0n) is 15.2. The van der Waals surface area contributed by atoms with Crippen molar-refractivity contribution < 1.29 is 14.3 Å². The molecule has 0 atom stereocenters. The van der Waals surface area contributed by atoms with E-state index in [2.05, 4.69) is 15.6 Å². The van der Waals surface area contributed by atoms with Crippen LogP contribution in [-0.2, 0) is 6.54 Å². The topological polar surface area (TPSA) is 72.5 Å². The van der Waals surface area contributed by atoms with Gasteiger partial charge >= 0.3 is 0 Å². The Morgan fingerprint density at radius 1 is 1.11 bits per heavy atom. The van der Waals surface area contributed by atoms with Gasteiger partial charge in [-0.2, -0.15) is 0 Å². The number of aryl methyl sites for hydroxylation is 1. The summed E-state index contributed by atoms with van der Waals surface area (Å²) >= 11 is 6.00. The van der Waals surface area contributed by atoms with Gasteiger partial charge in [0.05, 0.1) is 0 Å². The number of hydrogen-bond acceptors (Lipinski definition) is 5. The monoisotopic (exact) mass is 395 g/mol. The van der Waals surface area contributed by atoms with Crippen LogP contribution in [0.2, 0.25) is 5.02 Å². The lowest BCUT2D eigenvalue weighted by Gasteiger charge is -2.11. The zero-order valence-corrected chi connectivity index (χ0v) is 15.9. The van der Waals surface area contributed by atoms with E-state index in [1.165, 1.54) is 0 Å². The molecule has 0 saturated heterocycles. The van der Waals surface area contributed by atoms with Crippen LogP contribution in [0.15, 0.2) is 54.7 Å². The molecular formula is C21H18ClN3O3. The summed E-state index contributed by atoms with van der Waals surface area (Å²) in [5.74, 6) is 1.15. The van der Waals surface area contributed by atoms with Crippen molar-refractivity contribution >= 4 is 28.9 Å². The molecular weight excluding hydrogens is 378 g/mol. The van der Waals surface area contributed by atoms with Crippen LogP contribution >= 0.6 is 11.6 Å². The number of benzene rings is 2. The summed E-state index contributed by atoms with van der Waals surface area (Å²) < 4.78 is 10.6. The number of nitrogens with zero attached hydrogens (tertiary/aromatic N) is 1. The molecule has 28 heavy (non-hydrogen) atoms. The number of hydrogen-bond donors (Lipinski definition) is 2. The van der Waals surface area contributed by atoms with E-state index in [4.69, 9.17) is 21.1 Å². The van der Waals surface area contributed by atoms with Gasteiger partial charge in [-0.1, -0.05) is 17.7 Å². The largest absolute Gasteiger partial charge is 0.454 e. The number of nitrogens with one attached hydrogen (secondary N) is 2. The molecule has 3 aromatic rings. The Morgan fingerprint density at radius 2 is 1.96 bits per heavy atom. The molecule has 1 amide bonds. The van der Waals surface area contributed by atoms with Crippen molar-refractivity contribution in [1.29, 1.82) is 0 Å². The van der Waals surface area contributed by atoms with Crippen LogP contribution in [0.1, 0.15) is 21.6 Å². The van der Waals surface area contributed by atoms with E-state index in [1.54, 1.807) is 12.3 Å². The normalized spacial score (nSPS) is 11.9. The number of fused-ring (bicyclic) bond motifs is 1. The standard InChI is InChI=1S/C21H18ClN3O3/c1-13-8-15(22)3-4-17(13)25-16-6-7-23-18(10-16)21(26)24-11-14-2-5-19-20(9-14)28-12-27-19/h2-10H,11-12H2,1H3,(H,23,25)(H,24,26). The molecule has 2 N–H and O–H groups in total. The van der Waals surface area contributed by atoms with Crippen molar-refractivity contribution in [3.8, 4) is 11.5 Å². The van der Waals surface area contributed by atoms with Crippen molar-refractivity contribution in [2.24, 2.45) is 0 Å². The van der Waals surface area contributed by atoms with Gasteiger partial charge in [-0.25, -0.2) is 0 Å². The summed E-state index contributed by atoms with van der Waals surface area (Å²) in [5, 5.41) is 6.84. The Hall–Kier alpha value is -3.25. The van der Waals surface area contributed by atoms with E-state index in [9.17, 15) is 4.79 Å². The number of pyridine rings is 1. The average molecular weight is 396 g/mol. The molecule has 0 fully saturated rings. The second kappa shape index (κ2) is 7.78. The number of carbonyl (C=O) groups excluding carboxylic acids is 1. The Labute approximate surface area is 167 Å². The quantitative estimate of drug-likeness (QED) is 0.668. The van der Waals surface area contributed by atoms with Crippen molar-refractivity contribution in [3.05, 3.63) is 76.6 Å². The summed E-state index contributed by atoms with van der Waals surface area (Å²) in [6.45, 7) is 2.56. The van der Waals surface area contributed by atoms with E-state index < -0.39 is 0 Å². The maximum Gasteiger partial charge on any atom is 0.270 e. The molecule has 4 rings (SSSR count). The minimum Gasteiger partial charge on any atom is -0.454 e. The van der Waals surface area contributed by atoms with Gasteiger partial charge in [-0.3, -0.25) is 9.78 Å². The summed E-state index contributed by atoms with van der Waals surface area (Å²) in [6, 6.07) is 14.7. The fraction of sp³-hybridized carbons (Fsp3) is 0.143. The third-order valence-electron chi connectivity index (χ3n) is 4.35. The first kappa shape index (κ1) is 18.1. The van der Waals surface area contributed by atoms with E-state index in [-0.39, 0.29) is 12.7 Å². The molecule has 0 bridgehead atoms. The van der Waals surface area contributed by atoms with Gasteiger partial charge in [0.15, 0.2) is 11.5 Å². The van der Waals surface area contributed by atoms with Gasteiger partial charge in [-0.15, -0.1) is 0 Å². The van der Waals surface area contributed by atoms with Gasteiger partial charge in [0, 0.05) is 29.1 Å². The molecule has 0 spiro atoms. The molecule has 6 nitrogen and oxygen atoms in total. The molecule has 1 aromatic heterocycles. The number of rotatable bonds is 5. The summed E-state index contributed by atoms with van der Waals surface area (Å²) in [7, 11) is 0. The highest BCUT2D eigenvalue weighted by atomic mass is 35.5. The maximum absolute atomic E-state index is 12.5. The lowest BCUT2D eigenvalue weighted by molar-refractivity contribution is 0.0946. The summed E-state index contributed by atoms with van der Waals surface area (Å²) in [5.41, 5.74) is 3.95. The number of amides is 1. The molecule has 0 aliphatic carbocycles. The fourth-order valence-corrected chi connectivity index (χ4v) is 3.11. The Kier molecular flexibility index (Phi) is 5.04. The molecule has 142 valence electrons. The molecule has 1 aliphatic rings. The van der Waals surface area contributed by atoms with Crippen molar-refractivity contribution in [2.45, 2.75) is 13.5 Å². The fourth-order valence-electron chi connectivity index (χ4n) is 2.88. The number of carbonyl (C=O) groups is 1. The highest BCUT2D eigenvalue weighted by molar-refractivity contribution is 6.30. The van der Waals surface area contributed by atoms with Gasteiger partial charge in [0.1, 0.15) is 5.69 Å². The van der Waals surface area contributed by atoms with Crippen molar-refractivity contribution in [3.63, 3.8) is 0 Å². The smallest absolute Gasteiger partial charge is 0.270 e. The minimum atomic E-state index is -0.255. The Bertz CT molecular complexity index is 1040. The van der Waals surface area contributed by atoms with Crippen LogP contribution in [-0.4, -0.2) is 17.7 Å². The summed E-state index contributed by atoms with van der Waals surface area (Å²) in [6.07, 6.45) is 1.60. The molecule has 1 aliphatic heterocycles. The van der Waals surface area contributed by atoms with Crippen molar-refractivity contribution in [2.75, 3.05) is 12.1 Å². The third kappa shape index (κ3) is 4.02. The summed E-state index contributed by atoms with van der Waals surface area (Å²) in [4.78, 5) is 16.7. The molecule has 0 unspecified atom stereocenters. The molecule has 0 saturated carbocycles. The van der Waals surface area contributed by atoms with Gasteiger partial charge < -0.3 is 20.1 Å². The van der Waals surface area contributed by atoms with Crippen LogP contribution in [0.25, 0.3) is 0 Å². The number of halogens is 1. The Morgan fingerprint density at radius 3 is 2.82 bits per heavy atom. The first-order valence-electron chi connectivity index (χ1n) is 8.74. The lowest BCUT2D eigenvalue weighted by atomic mass is 10.2. The minimum absolute atomic E-state index is 0.224. The zero-order chi connectivity index (χ0) is 19.5. The van der Waals surface area contributed by atoms with E-state index in [0.717, 1.165) is 22.5 Å². The number of ether oxygens (including phenoxy) is 2. The lowest BCUT2D eigenvalue weighted by Crippen LogP contribution is -2.23. The van der Waals surface area contributed by atoms with Gasteiger partial charge in [-0.05, 0) is 60.5 Å². The Balaban J connectivity index is 1.42. The maximum atomic E-state index is 12.5. The van der Waals surface area contributed by atoms with Crippen LogP contribution in [0, 0.1) is 6.92 Å². The van der Waals surface area contributed by atoms with E-state index in [0.29, 0.717) is 28.8 Å². The first-order chi connectivity index (χ1) is 13.6. The molecule has 0 radical (unpaired) electrons. The predicted octanol–water partition coefficient (Wildman–Crippen LogP) is 4.45. The van der Waals surface area contributed by atoms with Gasteiger partial charge in [0.25, 0.3) is 5.91 Å². The molecule has 2 heterocycles. The SMILES string of the molecule is Cc1cc(Cl)ccc1Nc1ccnc(C(=O)NCc2ccc3c(c2)OCO3)c1. The molecule has 2 aromatic carbocycles. The third-order valence-corrected chi connectivity index (χ3v) is 4.59. The van der Waals surface area contributed by atoms with E-state index in [1.807, 2.05) is 49.4 Å². The van der Waals surface area contributed by atoms with Crippen LogP contribution in [0.3, 0.4) is 0 Å². The first-order valence-corrected chi connectivity index (χ1v) is 9.12. The predicted molar refractivity (Wildman–Crippen MR) is 107 cm³/mol. The van der Waals surface area contributed by atoms with Gasteiger partial charge in [0.2, 0.25) is 6.79 Å².